The first-order chi connectivity index (χ1) is 10.5. The molecule has 0 aliphatic carbocycles. The number of aryl methyl sites for hydroxylation is 1. The Labute approximate surface area is 128 Å². The van der Waals surface area contributed by atoms with Gasteiger partial charge < -0.3 is 10.6 Å². The number of halogens is 1. The highest BCUT2D eigenvalue weighted by atomic mass is 19.1. The minimum absolute atomic E-state index is 0.0141. The number of nitrogens with two attached hydrogens (primary N) is 1. The summed E-state index contributed by atoms with van der Waals surface area (Å²) in [5.41, 5.74) is 9.55. The number of anilines is 1. The van der Waals surface area contributed by atoms with Crippen LogP contribution in [0.15, 0.2) is 30.6 Å². The van der Waals surface area contributed by atoms with Crippen molar-refractivity contribution in [3.05, 3.63) is 47.5 Å². The SMILES string of the molecule is CC(N)c1cncc(-c2cc3c(cc2F)N(C)C(=O)CC3)c1. The van der Waals surface area contributed by atoms with Crippen molar-refractivity contribution in [1.29, 1.82) is 0 Å². The van der Waals surface area contributed by atoms with E-state index in [1.54, 1.807) is 19.4 Å². The van der Waals surface area contributed by atoms with Gasteiger partial charge in [0.25, 0.3) is 0 Å². The predicted octanol–water partition coefficient (Wildman–Crippen LogP) is 2.82. The van der Waals surface area contributed by atoms with Gasteiger partial charge in [0.15, 0.2) is 0 Å². The number of pyridine rings is 1. The van der Waals surface area contributed by atoms with E-state index >= 15 is 0 Å². The lowest BCUT2D eigenvalue weighted by Crippen LogP contribution is -2.31. The average Bonchev–Trinajstić information content (AvgIpc) is 2.51. The van der Waals surface area contributed by atoms with E-state index in [9.17, 15) is 9.18 Å². The second-order valence-electron chi connectivity index (χ2n) is 5.71. The van der Waals surface area contributed by atoms with Crippen molar-refractivity contribution in [3.8, 4) is 11.1 Å². The zero-order valence-corrected chi connectivity index (χ0v) is 12.6. The van der Waals surface area contributed by atoms with Crippen molar-refractivity contribution in [2.45, 2.75) is 25.8 Å². The van der Waals surface area contributed by atoms with E-state index < -0.39 is 0 Å². The molecular weight excluding hydrogens is 281 g/mol. The zero-order valence-electron chi connectivity index (χ0n) is 12.6. The minimum atomic E-state index is -0.357. The van der Waals surface area contributed by atoms with Crippen molar-refractivity contribution >= 4 is 11.6 Å². The fraction of sp³-hybridized carbons (Fsp3) is 0.294. The predicted molar refractivity (Wildman–Crippen MR) is 84.0 cm³/mol. The van der Waals surface area contributed by atoms with Crippen LogP contribution >= 0.6 is 0 Å². The first kappa shape index (κ1) is 14.7. The summed E-state index contributed by atoms with van der Waals surface area (Å²) >= 11 is 0. The van der Waals surface area contributed by atoms with Gasteiger partial charge in [-0.05, 0) is 42.7 Å². The molecule has 114 valence electrons. The molecule has 1 amide bonds. The lowest BCUT2D eigenvalue weighted by Gasteiger charge is -2.26. The molecule has 1 unspecified atom stereocenters. The third-order valence-corrected chi connectivity index (χ3v) is 4.11. The van der Waals surface area contributed by atoms with Crippen LogP contribution in [0.25, 0.3) is 11.1 Å². The van der Waals surface area contributed by atoms with Gasteiger partial charge in [-0.15, -0.1) is 0 Å². The molecule has 1 aromatic heterocycles. The Morgan fingerprint density at radius 3 is 2.77 bits per heavy atom. The molecule has 2 heterocycles. The largest absolute Gasteiger partial charge is 0.324 e. The Morgan fingerprint density at radius 1 is 1.27 bits per heavy atom. The lowest BCUT2D eigenvalue weighted by atomic mass is 9.95. The number of nitrogens with zero attached hydrogens (tertiary/aromatic N) is 2. The highest BCUT2D eigenvalue weighted by Crippen LogP contribution is 2.34. The fourth-order valence-corrected chi connectivity index (χ4v) is 2.74. The van der Waals surface area contributed by atoms with Gasteiger partial charge in [-0.1, -0.05) is 0 Å². The van der Waals surface area contributed by atoms with Crippen LogP contribution in [0.2, 0.25) is 0 Å². The van der Waals surface area contributed by atoms with Gasteiger partial charge in [0.05, 0.1) is 0 Å². The molecule has 0 fully saturated rings. The molecule has 0 radical (unpaired) electrons. The monoisotopic (exact) mass is 299 g/mol. The smallest absolute Gasteiger partial charge is 0.227 e. The van der Waals surface area contributed by atoms with E-state index in [1.165, 1.54) is 11.0 Å². The molecule has 2 N–H and O–H groups in total. The van der Waals surface area contributed by atoms with Crippen molar-refractivity contribution in [2.24, 2.45) is 5.73 Å². The van der Waals surface area contributed by atoms with Gasteiger partial charge >= 0.3 is 0 Å². The number of carbonyl (C=O) groups is 1. The topological polar surface area (TPSA) is 59.2 Å². The summed E-state index contributed by atoms with van der Waals surface area (Å²) in [6.45, 7) is 1.87. The van der Waals surface area contributed by atoms with Crippen LogP contribution in [0.3, 0.4) is 0 Å². The zero-order chi connectivity index (χ0) is 15.9. The van der Waals surface area contributed by atoms with E-state index in [1.807, 2.05) is 19.1 Å². The summed E-state index contributed by atoms with van der Waals surface area (Å²) < 4.78 is 14.5. The Hall–Kier alpha value is -2.27. The number of hydrogen-bond acceptors (Lipinski definition) is 3. The van der Waals surface area contributed by atoms with Crippen molar-refractivity contribution in [2.75, 3.05) is 11.9 Å². The lowest BCUT2D eigenvalue weighted by molar-refractivity contribution is -0.118. The first-order valence-electron chi connectivity index (χ1n) is 7.27. The standard InChI is InChI=1S/C17H18FN3O/c1-10(19)12-5-13(9-20-8-12)14-6-11-3-4-17(22)21(2)16(11)7-15(14)18/h5-10H,3-4,19H2,1-2H3. The normalized spacial score (nSPS) is 15.6. The molecule has 22 heavy (non-hydrogen) atoms. The summed E-state index contributed by atoms with van der Waals surface area (Å²) in [6.07, 6.45) is 4.41. The summed E-state index contributed by atoms with van der Waals surface area (Å²) in [4.78, 5) is 17.4. The number of carbonyl (C=O) groups excluding carboxylic acids is 1. The van der Waals surface area contributed by atoms with E-state index in [-0.39, 0.29) is 17.8 Å². The maximum absolute atomic E-state index is 14.5. The van der Waals surface area contributed by atoms with Crippen molar-refractivity contribution in [3.63, 3.8) is 0 Å². The molecule has 1 aliphatic rings. The van der Waals surface area contributed by atoms with E-state index in [0.717, 1.165) is 11.1 Å². The van der Waals surface area contributed by atoms with Crippen LogP contribution in [0.4, 0.5) is 10.1 Å². The van der Waals surface area contributed by atoms with Crippen LogP contribution in [-0.4, -0.2) is 17.9 Å². The molecule has 1 aliphatic heterocycles. The molecule has 4 nitrogen and oxygen atoms in total. The Balaban J connectivity index is 2.09. The number of amides is 1. The number of rotatable bonds is 2. The van der Waals surface area contributed by atoms with Gasteiger partial charge in [-0.3, -0.25) is 9.78 Å². The molecule has 0 saturated carbocycles. The van der Waals surface area contributed by atoms with Crippen molar-refractivity contribution < 1.29 is 9.18 Å². The van der Waals surface area contributed by atoms with Crippen LogP contribution in [0.5, 0.6) is 0 Å². The summed E-state index contributed by atoms with van der Waals surface area (Å²) in [7, 11) is 1.68. The molecule has 1 atom stereocenters. The molecule has 0 saturated heterocycles. The summed E-state index contributed by atoms with van der Waals surface area (Å²) in [6, 6.07) is 4.95. The minimum Gasteiger partial charge on any atom is -0.324 e. The third-order valence-electron chi connectivity index (χ3n) is 4.11. The highest BCUT2D eigenvalue weighted by Gasteiger charge is 2.23. The Bertz CT molecular complexity index is 743. The van der Waals surface area contributed by atoms with E-state index in [0.29, 0.717) is 29.7 Å². The van der Waals surface area contributed by atoms with Crippen LogP contribution < -0.4 is 10.6 Å². The van der Waals surface area contributed by atoms with E-state index in [4.69, 9.17) is 5.73 Å². The number of benzene rings is 1. The summed E-state index contributed by atoms with van der Waals surface area (Å²) in [5, 5.41) is 0. The van der Waals surface area contributed by atoms with Crippen LogP contribution in [-0.2, 0) is 11.2 Å². The summed E-state index contributed by atoms with van der Waals surface area (Å²) in [5.74, 6) is -0.343. The number of aromatic nitrogens is 1. The Kier molecular flexibility index (Phi) is 3.66. The second kappa shape index (κ2) is 5.50. The number of fused-ring (bicyclic) bond motifs is 1. The molecule has 0 bridgehead atoms. The molecule has 1 aromatic carbocycles. The van der Waals surface area contributed by atoms with Gasteiger partial charge in [0.1, 0.15) is 5.82 Å². The fourth-order valence-electron chi connectivity index (χ4n) is 2.74. The first-order valence-corrected chi connectivity index (χ1v) is 7.27. The van der Waals surface area contributed by atoms with Crippen LogP contribution in [0.1, 0.15) is 30.5 Å². The van der Waals surface area contributed by atoms with Gasteiger partial charge in [-0.25, -0.2) is 4.39 Å². The van der Waals surface area contributed by atoms with E-state index in [2.05, 4.69) is 4.98 Å². The van der Waals surface area contributed by atoms with Crippen LogP contribution in [0, 0.1) is 5.82 Å². The average molecular weight is 299 g/mol. The van der Waals surface area contributed by atoms with Gasteiger partial charge in [0.2, 0.25) is 5.91 Å². The Morgan fingerprint density at radius 2 is 2.05 bits per heavy atom. The quantitative estimate of drug-likeness (QED) is 0.927. The third kappa shape index (κ3) is 2.48. The molecule has 3 rings (SSSR count). The maximum Gasteiger partial charge on any atom is 0.227 e. The molecule has 5 heteroatoms. The number of hydrogen-bond donors (Lipinski definition) is 1. The van der Waals surface area contributed by atoms with Gasteiger partial charge in [-0.2, -0.15) is 0 Å². The maximum atomic E-state index is 14.5. The van der Waals surface area contributed by atoms with Crippen molar-refractivity contribution in [1.82, 2.24) is 4.98 Å². The highest BCUT2D eigenvalue weighted by molar-refractivity contribution is 5.96. The molecule has 0 spiro atoms. The molecule has 2 aromatic rings. The van der Waals surface area contributed by atoms with Gasteiger partial charge in [0, 0.05) is 48.7 Å². The second-order valence-corrected chi connectivity index (χ2v) is 5.71. The molecular formula is C17H18FN3O.